The molecule has 0 aliphatic rings. The van der Waals surface area contributed by atoms with Crippen molar-refractivity contribution in [1.29, 1.82) is 0 Å². The third-order valence-electron chi connectivity index (χ3n) is 2.41. The van der Waals surface area contributed by atoms with Crippen molar-refractivity contribution in [2.45, 2.75) is 13.5 Å². The van der Waals surface area contributed by atoms with Crippen LogP contribution in [0.15, 0.2) is 30.6 Å². The zero-order chi connectivity index (χ0) is 12.4. The molecular formula is C12H11ClN2O2. The van der Waals surface area contributed by atoms with Crippen molar-refractivity contribution in [3.8, 4) is 0 Å². The van der Waals surface area contributed by atoms with E-state index in [0.29, 0.717) is 11.6 Å². The van der Waals surface area contributed by atoms with E-state index < -0.39 is 5.97 Å². The van der Waals surface area contributed by atoms with Crippen molar-refractivity contribution >= 4 is 17.6 Å². The van der Waals surface area contributed by atoms with Gasteiger partial charge in [0.2, 0.25) is 0 Å². The molecule has 0 fully saturated rings. The molecule has 0 radical (unpaired) electrons. The summed E-state index contributed by atoms with van der Waals surface area (Å²) in [7, 11) is 0. The average molecular weight is 251 g/mol. The number of nitrogens with zero attached hydrogens (tertiary/aromatic N) is 2. The fourth-order valence-corrected chi connectivity index (χ4v) is 1.79. The maximum absolute atomic E-state index is 11.0. The van der Waals surface area contributed by atoms with Gasteiger partial charge in [-0.3, -0.25) is 4.98 Å². The summed E-state index contributed by atoms with van der Waals surface area (Å²) in [6, 6.07) is 5.24. The van der Waals surface area contributed by atoms with Crippen LogP contribution in [-0.2, 0) is 6.54 Å². The number of carboxylic acid groups (broad SMARTS) is 1. The third kappa shape index (κ3) is 2.65. The molecule has 1 N–H and O–H groups in total. The van der Waals surface area contributed by atoms with Gasteiger partial charge in [0, 0.05) is 24.6 Å². The van der Waals surface area contributed by atoms with Crippen LogP contribution in [0.4, 0.5) is 0 Å². The Hall–Kier alpha value is -1.81. The van der Waals surface area contributed by atoms with Crippen LogP contribution in [0.1, 0.15) is 21.7 Å². The van der Waals surface area contributed by atoms with E-state index in [1.807, 2.05) is 19.1 Å². The summed E-state index contributed by atoms with van der Waals surface area (Å²) in [5, 5.41) is 9.42. The number of pyridine rings is 1. The van der Waals surface area contributed by atoms with Crippen LogP contribution < -0.4 is 0 Å². The molecule has 0 aliphatic carbocycles. The highest BCUT2D eigenvalue weighted by Crippen LogP contribution is 2.16. The van der Waals surface area contributed by atoms with Crippen LogP contribution in [-0.4, -0.2) is 20.6 Å². The van der Waals surface area contributed by atoms with Crippen molar-refractivity contribution < 1.29 is 9.90 Å². The van der Waals surface area contributed by atoms with Crippen LogP contribution in [0.25, 0.3) is 0 Å². The SMILES string of the molecule is Cc1ccc(Cn2cc(Cl)cc2C(=O)O)cn1. The van der Waals surface area contributed by atoms with Gasteiger partial charge in [0.05, 0.1) is 5.02 Å². The van der Waals surface area contributed by atoms with Crippen LogP contribution in [0.5, 0.6) is 0 Å². The lowest BCUT2D eigenvalue weighted by Gasteiger charge is -2.06. The monoisotopic (exact) mass is 250 g/mol. The molecule has 0 amide bonds. The second-order valence-electron chi connectivity index (χ2n) is 3.78. The number of carboxylic acids is 1. The van der Waals surface area contributed by atoms with E-state index in [2.05, 4.69) is 4.98 Å². The predicted molar refractivity (Wildman–Crippen MR) is 64.5 cm³/mol. The Kier molecular flexibility index (Phi) is 3.15. The van der Waals surface area contributed by atoms with Crippen LogP contribution in [0.3, 0.4) is 0 Å². The molecule has 0 bridgehead atoms. The number of aromatic nitrogens is 2. The Bertz CT molecular complexity index is 546. The van der Waals surface area contributed by atoms with Gasteiger partial charge >= 0.3 is 5.97 Å². The van der Waals surface area contributed by atoms with Gasteiger partial charge in [-0.15, -0.1) is 0 Å². The Morgan fingerprint density at radius 2 is 2.29 bits per heavy atom. The van der Waals surface area contributed by atoms with Crippen molar-refractivity contribution in [3.05, 3.63) is 52.6 Å². The summed E-state index contributed by atoms with van der Waals surface area (Å²) in [6.07, 6.45) is 3.33. The first-order chi connectivity index (χ1) is 8.06. The minimum atomic E-state index is -0.989. The second-order valence-corrected chi connectivity index (χ2v) is 4.22. The van der Waals surface area contributed by atoms with Crippen molar-refractivity contribution in [2.24, 2.45) is 0 Å². The van der Waals surface area contributed by atoms with Gasteiger partial charge in [-0.25, -0.2) is 4.79 Å². The first-order valence-electron chi connectivity index (χ1n) is 5.07. The summed E-state index contributed by atoms with van der Waals surface area (Å²) in [5.74, 6) is -0.989. The summed E-state index contributed by atoms with van der Waals surface area (Å²) in [6.45, 7) is 2.35. The molecule has 0 saturated heterocycles. The molecule has 0 atom stereocenters. The molecule has 0 aromatic carbocycles. The Morgan fingerprint density at radius 3 is 2.88 bits per heavy atom. The molecule has 4 nitrogen and oxygen atoms in total. The molecule has 0 aliphatic heterocycles. The Labute approximate surface area is 103 Å². The van der Waals surface area contributed by atoms with E-state index in [0.717, 1.165) is 11.3 Å². The number of rotatable bonds is 3. The number of halogens is 1. The molecule has 2 heterocycles. The largest absolute Gasteiger partial charge is 0.477 e. The fraction of sp³-hybridized carbons (Fsp3) is 0.167. The van der Waals surface area contributed by atoms with Crippen LogP contribution in [0, 0.1) is 6.92 Å². The van der Waals surface area contributed by atoms with Crippen molar-refractivity contribution in [1.82, 2.24) is 9.55 Å². The standard InChI is InChI=1S/C12H11ClN2O2/c1-8-2-3-9(5-14-8)6-15-7-10(13)4-11(15)12(16)17/h2-5,7H,6H2,1H3,(H,16,17). The maximum atomic E-state index is 11.0. The van der Waals surface area contributed by atoms with Gasteiger partial charge in [-0.05, 0) is 24.6 Å². The lowest BCUT2D eigenvalue weighted by Crippen LogP contribution is -2.08. The predicted octanol–water partition coefficient (Wildman–Crippen LogP) is 2.59. The third-order valence-corrected chi connectivity index (χ3v) is 2.61. The van der Waals surface area contributed by atoms with Crippen LogP contribution >= 0.6 is 11.6 Å². The first-order valence-corrected chi connectivity index (χ1v) is 5.44. The maximum Gasteiger partial charge on any atom is 0.352 e. The molecule has 88 valence electrons. The molecular weight excluding hydrogens is 240 g/mol. The smallest absolute Gasteiger partial charge is 0.352 e. The van der Waals surface area contributed by atoms with E-state index in [-0.39, 0.29) is 5.69 Å². The topological polar surface area (TPSA) is 55.1 Å². The van der Waals surface area contributed by atoms with Gasteiger partial charge in [0.1, 0.15) is 5.69 Å². The number of aromatic carboxylic acids is 1. The lowest BCUT2D eigenvalue weighted by atomic mass is 10.2. The summed E-state index contributed by atoms with van der Waals surface area (Å²) >= 11 is 5.80. The highest BCUT2D eigenvalue weighted by atomic mass is 35.5. The normalized spacial score (nSPS) is 10.5. The van der Waals surface area contributed by atoms with Gasteiger partial charge in [0.15, 0.2) is 0 Å². The van der Waals surface area contributed by atoms with Gasteiger partial charge in [-0.2, -0.15) is 0 Å². The number of aryl methyl sites for hydroxylation is 1. The van der Waals surface area contributed by atoms with Crippen molar-refractivity contribution in [3.63, 3.8) is 0 Å². The summed E-state index contributed by atoms with van der Waals surface area (Å²) in [4.78, 5) is 15.1. The fourth-order valence-electron chi connectivity index (χ4n) is 1.57. The quantitative estimate of drug-likeness (QED) is 0.911. The van der Waals surface area contributed by atoms with E-state index in [1.54, 1.807) is 17.0 Å². The van der Waals surface area contributed by atoms with Crippen LogP contribution in [0.2, 0.25) is 5.02 Å². The minimum Gasteiger partial charge on any atom is -0.477 e. The zero-order valence-electron chi connectivity index (χ0n) is 9.22. The first kappa shape index (κ1) is 11.7. The number of hydrogen-bond acceptors (Lipinski definition) is 2. The highest BCUT2D eigenvalue weighted by Gasteiger charge is 2.11. The molecule has 0 spiro atoms. The molecule has 5 heteroatoms. The minimum absolute atomic E-state index is 0.176. The van der Waals surface area contributed by atoms with E-state index in [1.165, 1.54) is 6.07 Å². The van der Waals surface area contributed by atoms with Gasteiger partial charge in [-0.1, -0.05) is 17.7 Å². The highest BCUT2D eigenvalue weighted by molar-refractivity contribution is 6.30. The molecule has 17 heavy (non-hydrogen) atoms. The number of hydrogen-bond donors (Lipinski definition) is 1. The Balaban J connectivity index is 2.29. The number of carbonyl (C=O) groups is 1. The van der Waals surface area contributed by atoms with Gasteiger partial charge in [0.25, 0.3) is 0 Å². The second kappa shape index (κ2) is 4.59. The van der Waals surface area contributed by atoms with E-state index >= 15 is 0 Å². The Morgan fingerprint density at radius 1 is 1.53 bits per heavy atom. The molecule has 0 saturated carbocycles. The van der Waals surface area contributed by atoms with E-state index in [4.69, 9.17) is 16.7 Å². The molecule has 0 unspecified atom stereocenters. The summed E-state index contributed by atoms with van der Waals surface area (Å²) < 4.78 is 1.59. The molecule has 2 rings (SSSR count). The van der Waals surface area contributed by atoms with E-state index in [9.17, 15) is 4.79 Å². The molecule has 2 aromatic rings. The molecule has 2 aromatic heterocycles. The van der Waals surface area contributed by atoms with Gasteiger partial charge < -0.3 is 9.67 Å². The lowest BCUT2D eigenvalue weighted by molar-refractivity contribution is 0.0685. The summed E-state index contributed by atoms with van der Waals surface area (Å²) in [5.41, 5.74) is 2.04. The average Bonchev–Trinajstić information content (AvgIpc) is 2.63. The van der Waals surface area contributed by atoms with Crippen molar-refractivity contribution in [2.75, 3.05) is 0 Å². The zero-order valence-corrected chi connectivity index (χ0v) is 9.98.